The van der Waals surface area contributed by atoms with Gasteiger partial charge in [0.05, 0.1) is 12.8 Å². The highest BCUT2D eigenvalue weighted by Gasteiger charge is 2.34. The summed E-state index contributed by atoms with van der Waals surface area (Å²) in [6, 6.07) is 0. The average Bonchev–Trinajstić information content (AvgIpc) is 2.31. The summed E-state index contributed by atoms with van der Waals surface area (Å²) < 4.78 is 4.83. The summed E-state index contributed by atoms with van der Waals surface area (Å²) in [6.45, 7) is 5.68. The zero-order chi connectivity index (χ0) is 12.9. The fourth-order valence-corrected chi connectivity index (χ4v) is 1.73. The number of methoxy groups -OCH3 is 1. The number of hydrogen-bond acceptors (Lipinski definition) is 5. The zero-order valence-corrected chi connectivity index (χ0v) is 10.8. The second kappa shape index (κ2) is 5.61. The predicted molar refractivity (Wildman–Crippen MR) is 65.7 cm³/mol. The van der Waals surface area contributed by atoms with Crippen molar-refractivity contribution in [2.24, 2.45) is 0 Å². The number of aromatic nitrogens is 2. The van der Waals surface area contributed by atoms with Crippen LogP contribution in [0, 0.1) is 6.92 Å². The van der Waals surface area contributed by atoms with Gasteiger partial charge in [0.2, 0.25) is 0 Å². The minimum atomic E-state index is -0.760. The third-order valence-corrected chi connectivity index (χ3v) is 2.66. The Morgan fingerprint density at radius 1 is 1.47 bits per heavy atom. The highest BCUT2D eigenvalue weighted by molar-refractivity contribution is 5.83. The van der Waals surface area contributed by atoms with E-state index in [1.807, 2.05) is 20.8 Å². The van der Waals surface area contributed by atoms with Crippen LogP contribution in [-0.4, -0.2) is 28.6 Å². The van der Waals surface area contributed by atoms with Crippen LogP contribution in [0.1, 0.15) is 32.4 Å². The van der Waals surface area contributed by atoms with Crippen LogP contribution in [0.2, 0.25) is 0 Å². The lowest BCUT2D eigenvalue weighted by Crippen LogP contribution is -2.44. The Labute approximate surface area is 102 Å². The molecule has 0 aliphatic rings. The van der Waals surface area contributed by atoms with Gasteiger partial charge in [0.1, 0.15) is 11.4 Å². The quantitative estimate of drug-likeness (QED) is 0.793. The van der Waals surface area contributed by atoms with Crippen LogP contribution in [0.4, 0.5) is 5.82 Å². The molecule has 0 radical (unpaired) electrons. The molecular weight excluding hydrogens is 218 g/mol. The Hall–Kier alpha value is -1.65. The lowest BCUT2D eigenvalue weighted by atomic mass is 9.96. The molecule has 5 nitrogen and oxygen atoms in total. The maximum Gasteiger partial charge on any atom is 0.331 e. The summed E-state index contributed by atoms with van der Waals surface area (Å²) in [6.07, 6.45) is 4.77. The van der Waals surface area contributed by atoms with Gasteiger partial charge in [-0.3, -0.25) is 4.98 Å². The fourth-order valence-electron chi connectivity index (χ4n) is 1.73. The molecule has 1 atom stereocenters. The van der Waals surface area contributed by atoms with Crippen molar-refractivity contribution in [2.45, 2.75) is 39.2 Å². The van der Waals surface area contributed by atoms with Crippen LogP contribution >= 0.6 is 0 Å². The van der Waals surface area contributed by atoms with E-state index in [2.05, 4.69) is 15.3 Å². The number of carbonyl (C=O) groups is 1. The Morgan fingerprint density at radius 2 is 2.12 bits per heavy atom. The minimum absolute atomic E-state index is 0.288. The Kier molecular flexibility index (Phi) is 4.43. The molecule has 0 saturated heterocycles. The molecule has 94 valence electrons. The second-order valence-electron chi connectivity index (χ2n) is 4.19. The first-order chi connectivity index (χ1) is 8.03. The van der Waals surface area contributed by atoms with E-state index in [9.17, 15) is 4.79 Å². The molecule has 0 amide bonds. The number of ether oxygens (including phenoxy) is 1. The van der Waals surface area contributed by atoms with Gasteiger partial charge in [-0.25, -0.2) is 9.78 Å². The topological polar surface area (TPSA) is 64.1 Å². The molecule has 0 fully saturated rings. The first-order valence-electron chi connectivity index (χ1n) is 5.67. The van der Waals surface area contributed by atoms with Gasteiger partial charge in [-0.1, -0.05) is 13.3 Å². The highest BCUT2D eigenvalue weighted by Crippen LogP contribution is 2.21. The van der Waals surface area contributed by atoms with E-state index < -0.39 is 5.54 Å². The van der Waals surface area contributed by atoms with Gasteiger partial charge in [-0.05, 0) is 20.3 Å². The summed E-state index contributed by atoms with van der Waals surface area (Å²) in [7, 11) is 1.39. The van der Waals surface area contributed by atoms with Crippen molar-refractivity contribution in [3.05, 3.63) is 18.1 Å². The van der Waals surface area contributed by atoms with Gasteiger partial charge < -0.3 is 10.1 Å². The molecule has 1 heterocycles. The molecule has 17 heavy (non-hydrogen) atoms. The summed E-state index contributed by atoms with van der Waals surface area (Å²) >= 11 is 0. The van der Waals surface area contributed by atoms with Gasteiger partial charge in [0.25, 0.3) is 0 Å². The molecule has 0 aliphatic heterocycles. The van der Waals surface area contributed by atoms with Crippen molar-refractivity contribution >= 4 is 11.8 Å². The number of carbonyl (C=O) groups excluding carboxylic acids is 1. The Balaban J connectivity index is 2.94. The van der Waals surface area contributed by atoms with Crippen LogP contribution in [0.15, 0.2) is 12.4 Å². The van der Waals surface area contributed by atoms with Gasteiger partial charge in [0.15, 0.2) is 0 Å². The monoisotopic (exact) mass is 237 g/mol. The highest BCUT2D eigenvalue weighted by atomic mass is 16.5. The van der Waals surface area contributed by atoms with Gasteiger partial charge >= 0.3 is 5.97 Å². The number of nitrogens with one attached hydrogen (secondary N) is 1. The summed E-state index contributed by atoms with van der Waals surface area (Å²) in [5.41, 5.74) is 0.00308. The molecule has 1 rings (SSSR count). The molecule has 0 aromatic carbocycles. The predicted octanol–water partition coefficient (Wildman–Crippen LogP) is 1.93. The molecule has 5 heteroatoms. The van der Waals surface area contributed by atoms with Crippen molar-refractivity contribution in [2.75, 3.05) is 12.4 Å². The molecule has 0 spiro atoms. The third kappa shape index (κ3) is 3.15. The molecule has 0 aliphatic carbocycles. The van der Waals surface area contributed by atoms with E-state index in [1.165, 1.54) is 7.11 Å². The van der Waals surface area contributed by atoms with Crippen molar-refractivity contribution in [3.8, 4) is 0 Å². The molecule has 0 bridgehead atoms. The summed E-state index contributed by atoms with van der Waals surface area (Å²) in [5.74, 6) is 0.332. The van der Waals surface area contributed by atoms with E-state index in [0.29, 0.717) is 12.2 Å². The lowest BCUT2D eigenvalue weighted by molar-refractivity contribution is -0.145. The normalized spacial score (nSPS) is 13.9. The molecule has 1 N–H and O–H groups in total. The fraction of sp³-hybridized carbons (Fsp3) is 0.583. The zero-order valence-electron chi connectivity index (χ0n) is 10.8. The van der Waals surface area contributed by atoms with Gasteiger partial charge in [0, 0.05) is 12.4 Å². The van der Waals surface area contributed by atoms with E-state index in [4.69, 9.17) is 4.74 Å². The number of aryl methyl sites for hydroxylation is 1. The Morgan fingerprint density at radius 3 is 2.65 bits per heavy atom. The van der Waals surface area contributed by atoms with Crippen molar-refractivity contribution in [1.82, 2.24) is 9.97 Å². The Bertz CT molecular complexity index is 395. The summed E-state index contributed by atoms with van der Waals surface area (Å²) in [4.78, 5) is 20.1. The number of esters is 1. The largest absolute Gasteiger partial charge is 0.467 e. The minimum Gasteiger partial charge on any atom is -0.467 e. The number of nitrogens with zero attached hydrogens (tertiary/aromatic N) is 2. The van der Waals surface area contributed by atoms with E-state index in [0.717, 1.165) is 12.1 Å². The summed E-state index contributed by atoms with van der Waals surface area (Å²) in [5, 5.41) is 3.13. The van der Waals surface area contributed by atoms with Gasteiger partial charge in [-0.15, -0.1) is 0 Å². The van der Waals surface area contributed by atoms with E-state index >= 15 is 0 Å². The van der Waals surface area contributed by atoms with Crippen LogP contribution in [0.5, 0.6) is 0 Å². The molecule has 1 unspecified atom stereocenters. The second-order valence-corrected chi connectivity index (χ2v) is 4.19. The number of anilines is 1. The number of hydrogen-bond donors (Lipinski definition) is 1. The van der Waals surface area contributed by atoms with Crippen molar-refractivity contribution in [1.29, 1.82) is 0 Å². The van der Waals surface area contributed by atoms with Crippen LogP contribution in [0.3, 0.4) is 0 Å². The van der Waals surface area contributed by atoms with Crippen LogP contribution < -0.4 is 5.32 Å². The molecular formula is C12H19N3O2. The van der Waals surface area contributed by atoms with Gasteiger partial charge in [-0.2, -0.15) is 0 Å². The van der Waals surface area contributed by atoms with Crippen molar-refractivity contribution < 1.29 is 9.53 Å². The molecule has 1 aromatic rings. The average molecular weight is 237 g/mol. The lowest BCUT2D eigenvalue weighted by Gasteiger charge is -2.28. The first kappa shape index (κ1) is 13.4. The van der Waals surface area contributed by atoms with Crippen LogP contribution in [-0.2, 0) is 9.53 Å². The maximum absolute atomic E-state index is 11.8. The van der Waals surface area contributed by atoms with Crippen LogP contribution in [0.25, 0.3) is 0 Å². The van der Waals surface area contributed by atoms with E-state index in [-0.39, 0.29) is 5.97 Å². The SMILES string of the molecule is CCCC(C)(Nc1nccnc1C)C(=O)OC. The smallest absolute Gasteiger partial charge is 0.331 e. The molecule has 0 saturated carbocycles. The maximum atomic E-state index is 11.8. The van der Waals surface area contributed by atoms with Crippen molar-refractivity contribution in [3.63, 3.8) is 0 Å². The van der Waals surface area contributed by atoms with E-state index in [1.54, 1.807) is 12.4 Å². The number of rotatable bonds is 5. The standard InChI is InChI=1S/C12H19N3O2/c1-5-6-12(3,11(16)17-4)15-10-9(2)13-7-8-14-10/h7-8H,5-6H2,1-4H3,(H,14,15). The first-order valence-corrected chi connectivity index (χ1v) is 5.67. The molecule has 1 aromatic heterocycles. The third-order valence-electron chi connectivity index (χ3n) is 2.66.